The Bertz CT molecular complexity index is 185. The van der Waals surface area contributed by atoms with Crippen LogP contribution in [0.15, 0.2) is 0 Å². The van der Waals surface area contributed by atoms with E-state index in [9.17, 15) is 0 Å². The normalized spacial score (nSPS) is 20.2. The summed E-state index contributed by atoms with van der Waals surface area (Å²) in [5.74, 6) is 0.835. The molecule has 0 aliphatic heterocycles. The van der Waals surface area contributed by atoms with Crippen molar-refractivity contribution < 1.29 is 4.74 Å². The molecule has 2 heteroatoms. The van der Waals surface area contributed by atoms with Crippen LogP contribution in [0.4, 0.5) is 0 Å². The van der Waals surface area contributed by atoms with Crippen molar-refractivity contribution in [1.82, 2.24) is 5.32 Å². The van der Waals surface area contributed by atoms with Gasteiger partial charge in [0.05, 0.1) is 6.10 Å². The molecule has 1 aliphatic carbocycles. The van der Waals surface area contributed by atoms with Gasteiger partial charge in [0.1, 0.15) is 0 Å². The Morgan fingerprint density at radius 3 is 2.50 bits per heavy atom. The molecule has 96 valence electrons. The van der Waals surface area contributed by atoms with Crippen molar-refractivity contribution in [3.05, 3.63) is 0 Å². The molecule has 16 heavy (non-hydrogen) atoms. The molecule has 0 bridgehead atoms. The van der Waals surface area contributed by atoms with E-state index in [4.69, 9.17) is 4.74 Å². The highest BCUT2D eigenvalue weighted by molar-refractivity contribution is 4.76. The van der Waals surface area contributed by atoms with Crippen molar-refractivity contribution >= 4 is 0 Å². The first kappa shape index (κ1) is 14.0. The molecular weight excluding hydrogens is 198 g/mol. The molecule has 0 radical (unpaired) electrons. The lowest BCUT2D eigenvalue weighted by atomic mass is 10.0. The molecule has 0 aromatic carbocycles. The third-order valence-electron chi connectivity index (χ3n) is 3.84. The van der Waals surface area contributed by atoms with Crippen molar-refractivity contribution in [3.8, 4) is 0 Å². The Labute approximate surface area is 101 Å². The summed E-state index contributed by atoms with van der Waals surface area (Å²) in [4.78, 5) is 0. The van der Waals surface area contributed by atoms with Gasteiger partial charge in [0.2, 0.25) is 0 Å². The quantitative estimate of drug-likeness (QED) is 0.720. The van der Waals surface area contributed by atoms with Crippen LogP contribution in [0.5, 0.6) is 0 Å². The predicted octanol–water partition coefficient (Wildman–Crippen LogP) is 3.36. The van der Waals surface area contributed by atoms with E-state index in [1.165, 1.54) is 25.7 Å². The lowest BCUT2D eigenvalue weighted by Crippen LogP contribution is -2.43. The monoisotopic (exact) mass is 227 g/mol. The van der Waals surface area contributed by atoms with Crippen LogP contribution in [0.3, 0.4) is 0 Å². The summed E-state index contributed by atoms with van der Waals surface area (Å²) in [5, 5.41) is 3.56. The molecule has 2 nitrogen and oxygen atoms in total. The van der Waals surface area contributed by atoms with E-state index in [0.29, 0.717) is 6.10 Å². The molecule has 0 aromatic heterocycles. The van der Waals surface area contributed by atoms with Gasteiger partial charge in [0.15, 0.2) is 0 Å². The van der Waals surface area contributed by atoms with E-state index >= 15 is 0 Å². The molecule has 1 unspecified atom stereocenters. The standard InChI is InChI=1S/C14H29NO/c1-5-14(3,4)15-10-12(2)16-11-13-8-6-7-9-13/h12-13,15H,5-11H2,1-4H3. The SMILES string of the molecule is CCC(C)(C)NCC(C)OCC1CCCC1. The highest BCUT2D eigenvalue weighted by atomic mass is 16.5. The molecule has 0 saturated heterocycles. The number of hydrogen-bond acceptors (Lipinski definition) is 2. The maximum Gasteiger partial charge on any atom is 0.0671 e. The van der Waals surface area contributed by atoms with E-state index in [1.54, 1.807) is 0 Å². The van der Waals surface area contributed by atoms with Crippen LogP contribution < -0.4 is 5.32 Å². The van der Waals surface area contributed by atoms with Gasteiger partial charge in [0, 0.05) is 18.7 Å². The van der Waals surface area contributed by atoms with Gasteiger partial charge in [-0.2, -0.15) is 0 Å². The number of hydrogen-bond donors (Lipinski definition) is 1. The van der Waals surface area contributed by atoms with Crippen LogP contribution in [0.1, 0.15) is 59.8 Å². The molecular formula is C14H29NO. The molecule has 1 saturated carbocycles. The van der Waals surface area contributed by atoms with Crippen molar-refractivity contribution in [1.29, 1.82) is 0 Å². The Balaban J connectivity index is 2.08. The lowest BCUT2D eigenvalue weighted by Gasteiger charge is -2.27. The van der Waals surface area contributed by atoms with Crippen LogP contribution in [0, 0.1) is 5.92 Å². The average molecular weight is 227 g/mol. The topological polar surface area (TPSA) is 21.3 Å². The fourth-order valence-electron chi connectivity index (χ4n) is 2.08. The molecule has 1 atom stereocenters. The zero-order valence-electron chi connectivity index (χ0n) is 11.5. The zero-order valence-corrected chi connectivity index (χ0v) is 11.5. The second kappa shape index (κ2) is 6.61. The molecule has 0 amide bonds. The Morgan fingerprint density at radius 2 is 1.94 bits per heavy atom. The summed E-state index contributed by atoms with van der Waals surface area (Å²) in [6.45, 7) is 10.8. The summed E-state index contributed by atoms with van der Waals surface area (Å²) >= 11 is 0. The highest BCUT2D eigenvalue weighted by Crippen LogP contribution is 2.25. The number of rotatable bonds is 7. The van der Waals surface area contributed by atoms with Crippen LogP contribution >= 0.6 is 0 Å². The van der Waals surface area contributed by atoms with Crippen molar-refractivity contribution in [2.75, 3.05) is 13.2 Å². The van der Waals surface area contributed by atoms with Gasteiger partial charge >= 0.3 is 0 Å². The molecule has 0 heterocycles. The highest BCUT2D eigenvalue weighted by Gasteiger charge is 2.18. The first-order valence-corrected chi connectivity index (χ1v) is 6.90. The van der Waals surface area contributed by atoms with Gasteiger partial charge in [-0.15, -0.1) is 0 Å². The van der Waals surface area contributed by atoms with Crippen molar-refractivity contribution in [2.24, 2.45) is 5.92 Å². The van der Waals surface area contributed by atoms with Gasteiger partial charge in [-0.25, -0.2) is 0 Å². The van der Waals surface area contributed by atoms with Crippen molar-refractivity contribution in [3.63, 3.8) is 0 Å². The second-order valence-corrected chi connectivity index (χ2v) is 5.91. The second-order valence-electron chi connectivity index (χ2n) is 5.91. The van der Waals surface area contributed by atoms with Gasteiger partial charge < -0.3 is 10.1 Å². The summed E-state index contributed by atoms with van der Waals surface area (Å²) in [6, 6.07) is 0. The summed E-state index contributed by atoms with van der Waals surface area (Å²) in [6.07, 6.45) is 7.06. The minimum Gasteiger partial charge on any atom is -0.377 e. The number of ether oxygens (including phenoxy) is 1. The molecule has 1 fully saturated rings. The number of nitrogens with one attached hydrogen (secondary N) is 1. The molecule has 1 rings (SSSR count). The van der Waals surface area contributed by atoms with Gasteiger partial charge in [-0.1, -0.05) is 19.8 Å². The first-order valence-electron chi connectivity index (χ1n) is 6.90. The smallest absolute Gasteiger partial charge is 0.0671 e. The lowest BCUT2D eigenvalue weighted by molar-refractivity contribution is 0.0376. The fourth-order valence-corrected chi connectivity index (χ4v) is 2.08. The summed E-state index contributed by atoms with van der Waals surface area (Å²) in [5.41, 5.74) is 0.241. The van der Waals surface area contributed by atoms with E-state index in [2.05, 4.69) is 33.0 Å². The molecule has 0 aromatic rings. The van der Waals surface area contributed by atoms with Gasteiger partial charge in [0.25, 0.3) is 0 Å². The Hall–Kier alpha value is -0.0800. The maximum absolute atomic E-state index is 5.90. The van der Waals surface area contributed by atoms with Crippen LogP contribution in [0.2, 0.25) is 0 Å². The predicted molar refractivity (Wildman–Crippen MR) is 69.7 cm³/mol. The third kappa shape index (κ3) is 5.31. The minimum atomic E-state index is 0.241. The van der Waals surface area contributed by atoms with Crippen LogP contribution in [-0.2, 0) is 4.74 Å². The molecule has 1 aliphatic rings. The van der Waals surface area contributed by atoms with Gasteiger partial charge in [-0.3, -0.25) is 0 Å². The van der Waals surface area contributed by atoms with E-state index in [0.717, 1.165) is 25.5 Å². The summed E-state index contributed by atoms with van der Waals surface area (Å²) < 4.78 is 5.90. The third-order valence-corrected chi connectivity index (χ3v) is 3.84. The fraction of sp³-hybridized carbons (Fsp3) is 1.00. The maximum atomic E-state index is 5.90. The zero-order chi connectivity index (χ0) is 12.0. The van der Waals surface area contributed by atoms with E-state index in [1.807, 2.05) is 0 Å². The molecule has 0 spiro atoms. The molecule has 1 N–H and O–H groups in total. The van der Waals surface area contributed by atoms with Crippen LogP contribution in [0.25, 0.3) is 0 Å². The average Bonchev–Trinajstić information content (AvgIpc) is 2.76. The minimum absolute atomic E-state index is 0.241. The Kier molecular flexibility index (Phi) is 5.77. The van der Waals surface area contributed by atoms with Crippen molar-refractivity contribution in [2.45, 2.75) is 71.4 Å². The van der Waals surface area contributed by atoms with E-state index in [-0.39, 0.29) is 5.54 Å². The van der Waals surface area contributed by atoms with Crippen LogP contribution in [-0.4, -0.2) is 24.8 Å². The first-order chi connectivity index (χ1) is 7.53. The van der Waals surface area contributed by atoms with Gasteiger partial charge in [-0.05, 0) is 46.0 Å². The largest absolute Gasteiger partial charge is 0.377 e. The van der Waals surface area contributed by atoms with E-state index < -0.39 is 0 Å². The summed E-state index contributed by atoms with van der Waals surface area (Å²) in [7, 11) is 0. The Morgan fingerprint density at radius 1 is 1.31 bits per heavy atom.